The predicted octanol–water partition coefficient (Wildman–Crippen LogP) is 5.73. The van der Waals surface area contributed by atoms with Gasteiger partial charge in [0, 0.05) is 18.8 Å². The minimum atomic E-state index is -0.202. The van der Waals surface area contributed by atoms with Crippen LogP contribution in [0.4, 0.5) is 16.2 Å². The predicted molar refractivity (Wildman–Crippen MR) is 135 cm³/mol. The molecule has 0 atom stereocenters. The SMILES string of the molecule is O=C(CNCc1ccco1)Nc1ccc(C2CCN(C(=O)Nc3c(Cl)cccc3Cl)CC2)cc1. The quantitative estimate of drug-likeness (QED) is 0.386. The van der Waals surface area contributed by atoms with Gasteiger partial charge in [0.15, 0.2) is 0 Å². The molecule has 4 rings (SSSR count). The van der Waals surface area contributed by atoms with Gasteiger partial charge in [0.2, 0.25) is 5.91 Å². The lowest BCUT2D eigenvalue weighted by Crippen LogP contribution is -2.40. The fourth-order valence-electron chi connectivity index (χ4n) is 3.98. The van der Waals surface area contributed by atoms with Crippen molar-refractivity contribution in [3.63, 3.8) is 0 Å². The first kappa shape index (κ1) is 24.1. The van der Waals surface area contributed by atoms with E-state index in [-0.39, 0.29) is 18.5 Å². The molecule has 9 heteroatoms. The van der Waals surface area contributed by atoms with Crippen LogP contribution in [0, 0.1) is 0 Å². The van der Waals surface area contributed by atoms with Crippen molar-refractivity contribution in [1.82, 2.24) is 10.2 Å². The average Bonchev–Trinajstić information content (AvgIpc) is 3.36. The molecule has 0 saturated carbocycles. The van der Waals surface area contributed by atoms with Crippen LogP contribution in [0.25, 0.3) is 0 Å². The second-order valence-electron chi connectivity index (χ2n) is 8.14. The van der Waals surface area contributed by atoms with Crippen molar-refractivity contribution in [3.8, 4) is 0 Å². The van der Waals surface area contributed by atoms with E-state index in [1.165, 1.54) is 5.56 Å². The molecule has 0 unspecified atom stereocenters. The third kappa shape index (κ3) is 6.32. The van der Waals surface area contributed by atoms with Crippen LogP contribution in [0.2, 0.25) is 10.0 Å². The molecule has 0 bridgehead atoms. The second-order valence-corrected chi connectivity index (χ2v) is 8.96. The maximum Gasteiger partial charge on any atom is 0.321 e. The highest BCUT2D eigenvalue weighted by Crippen LogP contribution is 2.32. The van der Waals surface area contributed by atoms with Crippen molar-refractivity contribution in [2.24, 2.45) is 0 Å². The maximum absolute atomic E-state index is 12.7. The van der Waals surface area contributed by atoms with Gasteiger partial charge in [0.1, 0.15) is 5.76 Å². The van der Waals surface area contributed by atoms with Crippen molar-refractivity contribution in [2.75, 3.05) is 30.3 Å². The average molecular weight is 501 g/mol. The second kappa shape index (κ2) is 11.4. The van der Waals surface area contributed by atoms with Crippen LogP contribution in [0.1, 0.15) is 30.1 Å². The van der Waals surface area contributed by atoms with Crippen LogP contribution >= 0.6 is 23.2 Å². The standard InChI is InChI=1S/C25H26Cl2N4O3/c26-21-4-1-5-22(27)24(21)30-25(33)31-12-10-18(11-13-31)17-6-8-19(9-7-17)29-23(32)16-28-15-20-3-2-14-34-20/h1-9,14,18,28H,10-13,15-16H2,(H,29,32)(H,30,33). The number of anilines is 2. The summed E-state index contributed by atoms with van der Waals surface area (Å²) in [5.74, 6) is 1.03. The summed E-state index contributed by atoms with van der Waals surface area (Å²) >= 11 is 12.3. The molecule has 7 nitrogen and oxygen atoms in total. The Morgan fingerprint density at radius 2 is 1.65 bits per heavy atom. The van der Waals surface area contributed by atoms with Gasteiger partial charge < -0.3 is 25.3 Å². The van der Waals surface area contributed by atoms with Gasteiger partial charge in [0.25, 0.3) is 0 Å². The molecule has 0 aliphatic carbocycles. The number of hydrogen-bond acceptors (Lipinski definition) is 4. The number of rotatable bonds is 7. The Balaban J connectivity index is 1.22. The number of urea groups is 1. The Bertz CT molecular complexity index is 1090. The van der Waals surface area contributed by atoms with Gasteiger partial charge in [-0.2, -0.15) is 0 Å². The summed E-state index contributed by atoms with van der Waals surface area (Å²) in [7, 11) is 0. The molecule has 2 heterocycles. The summed E-state index contributed by atoms with van der Waals surface area (Å²) in [5.41, 5.74) is 2.39. The first-order valence-electron chi connectivity index (χ1n) is 11.1. The van der Waals surface area contributed by atoms with Crippen molar-refractivity contribution in [3.05, 3.63) is 82.2 Å². The van der Waals surface area contributed by atoms with Crippen LogP contribution in [0.3, 0.4) is 0 Å². The third-order valence-electron chi connectivity index (χ3n) is 5.81. The zero-order chi connectivity index (χ0) is 23.9. The number of amides is 3. The van der Waals surface area contributed by atoms with E-state index in [0.29, 0.717) is 41.3 Å². The number of benzene rings is 2. The van der Waals surface area contributed by atoms with Crippen LogP contribution in [0.5, 0.6) is 0 Å². The van der Waals surface area contributed by atoms with Crippen molar-refractivity contribution < 1.29 is 14.0 Å². The van der Waals surface area contributed by atoms with Gasteiger partial charge in [-0.25, -0.2) is 4.79 Å². The summed E-state index contributed by atoms with van der Waals surface area (Å²) in [6, 6.07) is 16.5. The molecule has 1 aliphatic heterocycles. The first-order valence-corrected chi connectivity index (χ1v) is 11.9. The van der Waals surface area contributed by atoms with Gasteiger partial charge in [-0.05, 0) is 60.7 Å². The van der Waals surface area contributed by atoms with E-state index in [0.717, 1.165) is 24.3 Å². The Morgan fingerprint density at radius 3 is 2.29 bits per heavy atom. The number of piperidine rings is 1. The zero-order valence-electron chi connectivity index (χ0n) is 18.5. The maximum atomic E-state index is 12.7. The van der Waals surface area contributed by atoms with Crippen molar-refractivity contribution >= 4 is 46.5 Å². The molecule has 1 fully saturated rings. The first-order chi connectivity index (χ1) is 16.5. The normalized spacial score (nSPS) is 14.1. The van der Waals surface area contributed by atoms with Crippen LogP contribution < -0.4 is 16.0 Å². The van der Waals surface area contributed by atoms with E-state index >= 15 is 0 Å². The number of carbonyl (C=O) groups excluding carboxylic acids is 2. The van der Waals surface area contributed by atoms with Crippen LogP contribution in [0.15, 0.2) is 65.3 Å². The number of halogens is 2. The largest absolute Gasteiger partial charge is 0.468 e. The lowest BCUT2D eigenvalue weighted by molar-refractivity contribution is -0.115. The highest BCUT2D eigenvalue weighted by molar-refractivity contribution is 6.39. The molecular weight excluding hydrogens is 475 g/mol. The van der Waals surface area contributed by atoms with Gasteiger partial charge in [-0.1, -0.05) is 41.4 Å². The fraction of sp³-hybridized carbons (Fsp3) is 0.280. The Morgan fingerprint density at radius 1 is 0.941 bits per heavy atom. The lowest BCUT2D eigenvalue weighted by atomic mass is 9.89. The van der Waals surface area contributed by atoms with E-state index in [2.05, 4.69) is 16.0 Å². The van der Waals surface area contributed by atoms with Gasteiger partial charge in [-0.3, -0.25) is 4.79 Å². The number of para-hydroxylation sites is 1. The van der Waals surface area contributed by atoms with Crippen molar-refractivity contribution in [1.29, 1.82) is 0 Å². The van der Waals surface area contributed by atoms with Crippen LogP contribution in [-0.2, 0) is 11.3 Å². The number of nitrogens with one attached hydrogen (secondary N) is 3. The molecular formula is C25H26Cl2N4O3. The molecule has 178 valence electrons. The highest BCUT2D eigenvalue weighted by atomic mass is 35.5. The molecule has 1 aromatic heterocycles. The zero-order valence-corrected chi connectivity index (χ0v) is 20.0. The molecule has 3 amide bonds. The number of hydrogen-bond donors (Lipinski definition) is 3. The van der Waals surface area contributed by atoms with Gasteiger partial charge >= 0.3 is 6.03 Å². The summed E-state index contributed by atoms with van der Waals surface area (Å²) in [6.45, 7) is 1.97. The Kier molecular flexibility index (Phi) is 8.11. The highest BCUT2D eigenvalue weighted by Gasteiger charge is 2.24. The summed E-state index contributed by atoms with van der Waals surface area (Å²) in [6.07, 6.45) is 3.31. The monoisotopic (exact) mass is 500 g/mol. The minimum absolute atomic E-state index is 0.114. The molecule has 3 N–H and O–H groups in total. The van der Waals surface area contributed by atoms with Gasteiger partial charge in [-0.15, -0.1) is 0 Å². The molecule has 34 heavy (non-hydrogen) atoms. The Labute approximate surface area is 208 Å². The number of likely N-dealkylation sites (tertiary alicyclic amines) is 1. The van der Waals surface area contributed by atoms with E-state index in [1.807, 2.05) is 36.4 Å². The third-order valence-corrected chi connectivity index (χ3v) is 6.44. The molecule has 1 aliphatic rings. The van der Waals surface area contributed by atoms with Crippen molar-refractivity contribution in [2.45, 2.75) is 25.3 Å². The lowest BCUT2D eigenvalue weighted by Gasteiger charge is -2.32. The molecule has 2 aromatic carbocycles. The van der Waals surface area contributed by atoms with E-state index in [1.54, 1.807) is 29.4 Å². The van der Waals surface area contributed by atoms with Crippen LogP contribution in [-0.4, -0.2) is 36.5 Å². The molecule has 3 aromatic rings. The molecule has 0 spiro atoms. The summed E-state index contributed by atoms with van der Waals surface area (Å²) in [5, 5.41) is 9.59. The van der Waals surface area contributed by atoms with E-state index in [4.69, 9.17) is 27.6 Å². The van der Waals surface area contributed by atoms with E-state index in [9.17, 15) is 9.59 Å². The Hall–Kier alpha value is -3.00. The summed E-state index contributed by atoms with van der Waals surface area (Å²) < 4.78 is 5.23. The topological polar surface area (TPSA) is 86.6 Å². The summed E-state index contributed by atoms with van der Waals surface area (Å²) in [4.78, 5) is 26.6. The number of carbonyl (C=O) groups is 2. The molecule has 1 saturated heterocycles. The fourth-order valence-corrected chi connectivity index (χ4v) is 4.47. The minimum Gasteiger partial charge on any atom is -0.468 e. The van der Waals surface area contributed by atoms with E-state index < -0.39 is 0 Å². The smallest absolute Gasteiger partial charge is 0.321 e. The molecule has 0 radical (unpaired) electrons. The van der Waals surface area contributed by atoms with Gasteiger partial charge in [0.05, 0.1) is 35.1 Å². The number of nitrogens with zero attached hydrogens (tertiary/aromatic N) is 1. The number of furan rings is 1.